The molecule has 152 valence electrons. The molecule has 1 aromatic rings. The number of nitrogens with two attached hydrogens (primary N) is 1. The van der Waals surface area contributed by atoms with Crippen molar-refractivity contribution < 1.29 is 0 Å². The van der Waals surface area contributed by atoms with Gasteiger partial charge in [-0.3, -0.25) is 0 Å². The molecule has 0 amide bonds. The lowest BCUT2D eigenvalue weighted by atomic mass is 9.93. The smallest absolute Gasteiger partial charge is 0.000824 e. The van der Waals surface area contributed by atoms with Gasteiger partial charge in [0.05, 0.1) is 0 Å². The molecule has 0 aliphatic carbocycles. The Morgan fingerprint density at radius 2 is 1.08 bits per heavy atom. The van der Waals surface area contributed by atoms with Crippen molar-refractivity contribution in [2.45, 2.75) is 109 Å². The minimum atomic E-state index is 0. The average Bonchev–Trinajstić information content (AvgIpc) is 2.66. The molecular formula is C24H44BrN. The van der Waals surface area contributed by atoms with E-state index in [1.165, 1.54) is 102 Å². The first-order chi connectivity index (χ1) is 12.4. The molecule has 0 aromatic heterocycles. The first-order valence-corrected chi connectivity index (χ1v) is 11.1. The summed E-state index contributed by atoms with van der Waals surface area (Å²) < 4.78 is 0. The predicted molar refractivity (Wildman–Crippen MR) is 123 cm³/mol. The highest BCUT2D eigenvalue weighted by molar-refractivity contribution is 8.93. The Bertz CT molecular complexity index is 379. The van der Waals surface area contributed by atoms with Crippen LogP contribution < -0.4 is 5.73 Å². The third-order valence-corrected chi connectivity index (χ3v) is 5.46. The zero-order valence-corrected chi connectivity index (χ0v) is 19.0. The summed E-state index contributed by atoms with van der Waals surface area (Å²) in [6.45, 7) is 3.07. The maximum atomic E-state index is 5.96. The van der Waals surface area contributed by atoms with Gasteiger partial charge in [-0.25, -0.2) is 0 Å². The van der Waals surface area contributed by atoms with E-state index in [4.69, 9.17) is 5.73 Å². The average molecular weight is 427 g/mol. The topological polar surface area (TPSA) is 26.0 Å². The fourth-order valence-corrected chi connectivity index (χ4v) is 3.73. The molecule has 0 bridgehead atoms. The highest BCUT2D eigenvalue weighted by Gasteiger charge is 2.08. The Morgan fingerprint density at radius 1 is 0.654 bits per heavy atom. The van der Waals surface area contributed by atoms with Gasteiger partial charge in [-0.1, -0.05) is 127 Å². The number of rotatable bonds is 17. The van der Waals surface area contributed by atoms with Gasteiger partial charge in [0.1, 0.15) is 0 Å². The van der Waals surface area contributed by atoms with Gasteiger partial charge in [-0.2, -0.15) is 0 Å². The third kappa shape index (κ3) is 13.8. The standard InChI is InChI=1S/C24H43N.BrH/c1-2-3-4-5-6-7-8-9-10-11-12-13-14-16-21-24(22-25)23-19-17-15-18-20-23;/h15,17-20,24H,2-14,16,21-22,25H2,1H3;1H. The van der Waals surface area contributed by atoms with Gasteiger partial charge in [0, 0.05) is 0 Å². The lowest BCUT2D eigenvalue weighted by Crippen LogP contribution is -2.12. The summed E-state index contributed by atoms with van der Waals surface area (Å²) in [5.74, 6) is 0.554. The van der Waals surface area contributed by atoms with E-state index < -0.39 is 0 Å². The highest BCUT2D eigenvalue weighted by Crippen LogP contribution is 2.21. The minimum Gasteiger partial charge on any atom is -0.330 e. The van der Waals surface area contributed by atoms with E-state index in [-0.39, 0.29) is 17.0 Å². The van der Waals surface area contributed by atoms with Crippen LogP contribution in [0.25, 0.3) is 0 Å². The van der Waals surface area contributed by atoms with Crippen LogP contribution in [0.3, 0.4) is 0 Å². The quantitative estimate of drug-likeness (QED) is 0.250. The largest absolute Gasteiger partial charge is 0.330 e. The van der Waals surface area contributed by atoms with Gasteiger partial charge in [-0.15, -0.1) is 17.0 Å². The fraction of sp³-hybridized carbons (Fsp3) is 0.750. The van der Waals surface area contributed by atoms with Crippen LogP contribution in [0.4, 0.5) is 0 Å². The third-order valence-electron chi connectivity index (χ3n) is 5.46. The van der Waals surface area contributed by atoms with Crippen molar-refractivity contribution in [2.75, 3.05) is 6.54 Å². The Balaban J connectivity index is 0.00000625. The van der Waals surface area contributed by atoms with Crippen LogP contribution in [-0.2, 0) is 0 Å². The normalized spacial score (nSPS) is 11.9. The van der Waals surface area contributed by atoms with Crippen LogP contribution in [0.2, 0.25) is 0 Å². The molecule has 2 N–H and O–H groups in total. The van der Waals surface area contributed by atoms with Crippen LogP contribution in [0, 0.1) is 0 Å². The maximum absolute atomic E-state index is 5.96. The fourth-order valence-electron chi connectivity index (χ4n) is 3.73. The molecular weight excluding hydrogens is 382 g/mol. The molecule has 0 saturated heterocycles. The first-order valence-electron chi connectivity index (χ1n) is 11.1. The zero-order valence-electron chi connectivity index (χ0n) is 17.3. The number of benzene rings is 1. The Labute approximate surface area is 174 Å². The van der Waals surface area contributed by atoms with Crippen molar-refractivity contribution >= 4 is 17.0 Å². The summed E-state index contributed by atoms with van der Waals surface area (Å²) in [5.41, 5.74) is 7.38. The molecule has 0 radical (unpaired) electrons. The van der Waals surface area contributed by atoms with E-state index >= 15 is 0 Å². The summed E-state index contributed by atoms with van der Waals surface area (Å²) in [4.78, 5) is 0. The van der Waals surface area contributed by atoms with Crippen LogP contribution in [0.15, 0.2) is 30.3 Å². The first kappa shape index (κ1) is 25.7. The van der Waals surface area contributed by atoms with Gasteiger partial charge in [0.25, 0.3) is 0 Å². The van der Waals surface area contributed by atoms with Gasteiger partial charge in [0.15, 0.2) is 0 Å². The lowest BCUT2D eigenvalue weighted by Gasteiger charge is -2.14. The second-order valence-corrected chi connectivity index (χ2v) is 7.73. The molecule has 26 heavy (non-hydrogen) atoms. The maximum Gasteiger partial charge on any atom is -0.000824 e. The molecule has 0 aliphatic heterocycles. The second-order valence-electron chi connectivity index (χ2n) is 7.73. The van der Waals surface area contributed by atoms with Crippen molar-refractivity contribution in [1.82, 2.24) is 0 Å². The summed E-state index contributed by atoms with van der Waals surface area (Å²) >= 11 is 0. The van der Waals surface area contributed by atoms with E-state index in [0.717, 1.165) is 6.54 Å². The van der Waals surface area contributed by atoms with Gasteiger partial charge in [-0.05, 0) is 24.4 Å². The van der Waals surface area contributed by atoms with Gasteiger partial charge >= 0.3 is 0 Å². The van der Waals surface area contributed by atoms with E-state index in [1.54, 1.807) is 0 Å². The van der Waals surface area contributed by atoms with Gasteiger partial charge < -0.3 is 5.73 Å². The second kappa shape index (κ2) is 19.4. The van der Waals surface area contributed by atoms with E-state index in [2.05, 4.69) is 37.3 Å². The van der Waals surface area contributed by atoms with E-state index in [9.17, 15) is 0 Å². The molecule has 0 heterocycles. The SMILES string of the molecule is Br.CCCCCCCCCCCCCCCCC(CN)c1ccccc1. The van der Waals surface area contributed by atoms with Crippen molar-refractivity contribution in [1.29, 1.82) is 0 Å². The van der Waals surface area contributed by atoms with Gasteiger partial charge in [0.2, 0.25) is 0 Å². The lowest BCUT2D eigenvalue weighted by molar-refractivity contribution is 0.519. The molecule has 1 nitrogen and oxygen atoms in total. The molecule has 2 heteroatoms. The monoisotopic (exact) mass is 425 g/mol. The summed E-state index contributed by atoms with van der Waals surface area (Å²) in [5, 5.41) is 0. The summed E-state index contributed by atoms with van der Waals surface area (Å²) in [7, 11) is 0. The van der Waals surface area contributed by atoms with Crippen LogP contribution in [-0.4, -0.2) is 6.54 Å². The Hall–Kier alpha value is -0.340. The molecule has 1 aromatic carbocycles. The van der Waals surface area contributed by atoms with E-state index in [1.807, 2.05) is 0 Å². The molecule has 0 fully saturated rings. The summed E-state index contributed by atoms with van der Waals surface area (Å²) in [6, 6.07) is 10.8. The Kier molecular flexibility index (Phi) is 19.2. The zero-order chi connectivity index (χ0) is 18.0. The van der Waals surface area contributed by atoms with Crippen molar-refractivity contribution in [3.05, 3.63) is 35.9 Å². The molecule has 0 spiro atoms. The molecule has 0 aliphatic rings. The number of hydrogen-bond donors (Lipinski definition) is 1. The molecule has 1 rings (SSSR count). The Morgan fingerprint density at radius 3 is 1.50 bits per heavy atom. The molecule has 1 unspecified atom stereocenters. The van der Waals surface area contributed by atoms with Crippen molar-refractivity contribution in [3.8, 4) is 0 Å². The van der Waals surface area contributed by atoms with Crippen molar-refractivity contribution in [2.24, 2.45) is 5.73 Å². The van der Waals surface area contributed by atoms with Crippen LogP contribution in [0.1, 0.15) is 115 Å². The molecule has 1 atom stereocenters. The predicted octanol–water partition coefficient (Wildman–Crippen LogP) is 8.18. The number of unbranched alkanes of at least 4 members (excludes halogenated alkanes) is 13. The highest BCUT2D eigenvalue weighted by atomic mass is 79.9. The van der Waals surface area contributed by atoms with Crippen LogP contribution in [0.5, 0.6) is 0 Å². The van der Waals surface area contributed by atoms with Crippen LogP contribution >= 0.6 is 17.0 Å². The number of hydrogen-bond acceptors (Lipinski definition) is 1. The summed E-state index contributed by atoms with van der Waals surface area (Å²) in [6.07, 6.45) is 21.2. The van der Waals surface area contributed by atoms with Crippen molar-refractivity contribution in [3.63, 3.8) is 0 Å². The van der Waals surface area contributed by atoms with E-state index in [0.29, 0.717) is 5.92 Å². The number of halogens is 1. The minimum absolute atomic E-state index is 0. The molecule has 0 saturated carbocycles.